The third-order valence-electron chi connectivity index (χ3n) is 6.39. The number of amides is 1. The quantitative estimate of drug-likeness (QED) is 0.316. The Balaban J connectivity index is 1.52. The highest BCUT2D eigenvalue weighted by atomic mass is 32.2. The molecule has 2 N–H and O–H groups in total. The summed E-state index contributed by atoms with van der Waals surface area (Å²) < 4.78 is 15.9. The zero-order valence-electron chi connectivity index (χ0n) is 20.1. The summed E-state index contributed by atoms with van der Waals surface area (Å²) >= 11 is 1.27. The van der Waals surface area contributed by atoms with Crippen molar-refractivity contribution in [2.24, 2.45) is 7.05 Å². The fourth-order valence-corrected chi connectivity index (χ4v) is 5.04. The summed E-state index contributed by atoms with van der Waals surface area (Å²) in [6.07, 6.45) is 1.88. The Bertz CT molecular complexity index is 1460. The Kier molecular flexibility index (Phi) is 6.36. The van der Waals surface area contributed by atoms with Crippen LogP contribution in [0.5, 0.6) is 11.5 Å². The van der Waals surface area contributed by atoms with E-state index in [1.807, 2.05) is 48.1 Å². The van der Waals surface area contributed by atoms with Crippen molar-refractivity contribution < 1.29 is 24.2 Å². The van der Waals surface area contributed by atoms with Gasteiger partial charge in [-0.3, -0.25) is 9.52 Å². The molecule has 0 bridgehead atoms. The lowest BCUT2D eigenvalue weighted by molar-refractivity contribution is -0.119. The number of carbonyl (C=O) groups is 2. The number of aromatic carboxylic acids is 1. The van der Waals surface area contributed by atoms with Gasteiger partial charge in [0, 0.05) is 29.0 Å². The lowest BCUT2D eigenvalue weighted by atomic mass is 9.90. The van der Waals surface area contributed by atoms with Crippen LogP contribution in [0.15, 0.2) is 71.8 Å². The van der Waals surface area contributed by atoms with Crippen molar-refractivity contribution in [2.75, 3.05) is 6.79 Å². The number of nitrogens with zero attached hydrogens (tertiary/aromatic N) is 1. The van der Waals surface area contributed by atoms with Crippen molar-refractivity contribution in [2.45, 2.75) is 30.6 Å². The highest BCUT2D eigenvalue weighted by molar-refractivity contribution is 7.98. The summed E-state index contributed by atoms with van der Waals surface area (Å²) in [5.74, 6) is -0.174. The Labute approximate surface area is 213 Å². The molecule has 3 aromatic carbocycles. The van der Waals surface area contributed by atoms with Gasteiger partial charge in [-0.1, -0.05) is 38.1 Å². The van der Waals surface area contributed by atoms with Crippen molar-refractivity contribution in [3.63, 3.8) is 0 Å². The van der Waals surface area contributed by atoms with Crippen LogP contribution in [0.3, 0.4) is 0 Å². The van der Waals surface area contributed by atoms with E-state index in [0.717, 1.165) is 26.9 Å². The van der Waals surface area contributed by atoms with E-state index >= 15 is 0 Å². The molecule has 2 heterocycles. The van der Waals surface area contributed by atoms with Gasteiger partial charge in [-0.05, 0) is 71.0 Å². The van der Waals surface area contributed by atoms with Crippen LogP contribution in [0.1, 0.15) is 52.7 Å². The minimum Gasteiger partial charge on any atom is -0.478 e. The third kappa shape index (κ3) is 4.52. The number of carboxylic acid groups (broad SMARTS) is 1. The van der Waals surface area contributed by atoms with Crippen LogP contribution < -0.4 is 14.2 Å². The summed E-state index contributed by atoms with van der Waals surface area (Å²) in [6, 6.07) is 18.6. The normalized spacial score (nSPS) is 13.2. The molecule has 1 aliphatic rings. The second-order valence-corrected chi connectivity index (χ2v) is 9.95. The fourth-order valence-electron chi connectivity index (χ4n) is 4.43. The third-order valence-corrected chi connectivity index (χ3v) is 7.20. The van der Waals surface area contributed by atoms with Crippen molar-refractivity contribution in [1.82, 2.24) is 9.29 Å². The van der Waals surface area contributed by atoms with Crippen LogP contribution in [0.2, 0.25) is 0 Å². The van der Waals surface area contributed by atoms with E-state index in [9.17, 15) is 14.7 Å². The molecule has 5 rings (SSSR count). The minimum atomic E-state index is -0.996. The molecule has 36 heavy (non-hydrogen) atoms. The maximum Gasteiger partial charge on any atom is 0.335 e. The number of hydrogen-bond donors (Lipinski definition) is 2. The van der Waals surface area contributed by atoms with Gasteiger partial charge >= 0.3 is 5.97 Å². The smallest absolute Gasteiger partial charge is 0.335 e. The van der Waals surface area contributed by atoms with Crippen LogP contribution in [0, 0.1) is 0 Å². The first-order chi connectivity index (χ1) is 17.3. The lowest BCUT2D eigenvalue weighted by Gasteiger charge is -2.17. The van der Waals surface area contributed by atoms with E-state index < -0.39 is 11.9 Å². The van der Waals surface area contributed by atoms with Gasteiger partial charge in [-0.15, -0.1) is 0 Å². The average Bonchev–Trinajstić information content (AvgIpc) is 3.47. The number of benzene rings is 3. The molecule has 0 spiro atoms. The molecule has 1 unspecified atom stereocenters. The van der Waals surface area contributed by atoms with E-state index in [1.165, 1.54) is 17.5 Å². The molecule has 8 heteroatoms. The number of ether oxygens (including phenoxy) is 2. The van der Waals surface area contributed by atoms with Gasteiger partial charge in [0.15, 0.2) is 11.5 Å². The Morgan fingerprint density at radius 1 is 0.972 bits per heavy atom. The Morgan fingerprint density at radius 2 is 1.69 bits per heavy atom. The first kappa shape index (κ1) is 23.8. The minimum absolute atomic E-state index is 0.143. The molecule has 0 aliphatic carbocycles. The average molecular weight is 503 g/mol. The molecular formula is C28H26N2O5S. The fraction of sp³-hybridized carbons (Fsp3) is 0.214. The summed E-state index contributed by atoms with van der Waals surface area (Å²) in [4.78, 5) is 26.2. The highest BCUT2D eigenvalue weighted by Gasteiger charge is 2.29. The maximum absolute atomic E-state index is 13.7. The number of rotatable bonds is 7. The Hall–Kier alpha value is -3.91. The first-order valence-corrected chi connectivity index (χ1v) is 12.4. The zero-order chi connectivity index (χ0) is 25.4. The number of nitrogens with one attached hydrogen (secondary N) is 1. The molecule has 1 amide bonds. The summed E-state index contributed by atoms with van der Waals surface area (Å²) in [6.45, 7) is 4.43. The van der Waals surface area contributed by atoms with E-state index in [4.69, 9.17) is 9.47 Å². The summed E-state index contributed by atoms with van der Waals surface area (Å²) in [5.41, 5.74) is 3.69. The van der Waals surface area contributed by atoms with Gasteiger partial charge in [-0.25, -0.2) is 4.79 Å². The standard InChI is InChI=1S/C28H26N2O5S/c1-16(2)17-4-8-20(9-5-17)36-29-27(31)26(18-7-11-24-25(13-18)35-15-34-24)22-14-30(3)23-12-19(28(32)33)6-10-21(22)23/h4-14,16,26H,15H2,1-3H3,(H,29,31)(H,32,33). The summed E-state index contributed by atoms with van der Waals surface area (Å²) in [5, 5.41) is 10.2. The van der Waals surface area contributed by atoms with Gasteiger partial charge in [-0.2, -0.15) is 0 Å². The van der Waals surface area contributed by atoms with Gasteiger partial charge in [0.2, 0.25) is 12.7 Å². The van der Waals surface area contributed by atoms with Crippen molar-refractivity contribution in [1.29, 1.82) is 0 Å². The lowest BCUT2D eigenvalue weighted by Crippen LogP contribution is -2.25. The van der Waals surface area contributed by atoms with Crippen molar-refractivity contribution in [3.8, 4) is 11.5 Å². The molecule has 1 aliphatic heterocycles. The number of aromatic nitrogens is 1. The molecule has 1 atom stereocenters. The molecule has 0 fully saturated rings. The van der Waals surface area contributed by atoms with E-state index in [2.05, 4.69) is 30.7 Å². The maximum atomic E-state index is 13.7. The van der Waals surface area contributed by atoms with Crippen LogP contribution in [-0.2, 0) is 11.8 Å². The summed E-state index contributed by atoms with van der Waals surface area (Å²) in [7, 11) is 1.84. The molecule has 0 saturated heterocycles. The van der Waals surface area contributed by atoms with E-state index in [1.54, 1.807) is 18.2 Å². The number of carbonyl (C=O) groups excluding carboxylic acids is 1. The number of fused-ring (bicyclic) bond motifs is 2. The van der Waals surface area contributed by atoms with Crippen molar-refractivity contribution >= 4 is 34.7 Å². The zero-order valence-corrected chi connectivity index (χ0v) is 21.0. The molecule has 0 saturated carbocycles. The second-order valence-electron chi connectivity index (χ2n) is 9.07. The number of aryl methyl sites for hydroxylation is 1. The van der Waals surface area contributed by atoms with Gasteiger partial charge in [0.25, 0.3) is 0 Å². The van der Waals surface area contributed by atoms with E-state index in [-0.39, 0.29) is 18.3 Å². The second kappa shape index (κ2) is 9.62. The molecular weight excluding hydrogens is 476 g/mol. The molecule has 1 aromatic heterocycles. The number of carboxylic acids is 1. The largest absolute Gasteiger partial charge is 0.478 e. The van der Waals surface area contributed by atoms with Gasteiger partial charge in [0.05, 0.1) is 11.5 Å². The molecule has 4 aromatic rings. The van der Waals surface area contributed by atoms with Crippen LogP contribution in [0.4, 0.5) is 0 Å². The van der Waals surface area contributed by atoms with Crippen molar-refractivity contribution in [3.05, 3.63) is 89.1 Å². The SMILES string of the molecule is CC(C)c1ccc(SNC(=O)C(c2ccc3c(c2)OCO3)c2cn(C)c3cc(C(=O)O)ccc23)cc1. The van der Waals surface area contributed by atoms with Crippen LogP contribution >= 0.6 is 11.9 Å². The molecule has 0 radical (unpaired) electrons. The van der Waals surface area contributed by atoms with Gasteiger partial charge in [0.1, 0.15) is 0 Å². The number of hydrogen-bond acceptors (Lipinski definition) is 5. The first-order valence-electron chi connectivity index (χ1n) is 11.6. The predicted molar refractivity (Wildman–Crippen MR) is 139 cm³/mol. The monoisotopic (exact) mass is 502 g/mol. The Morgan fingerprint density at radius 3 is 2.42 bits per heavy atom. The molecule has 184 valence electrons. The van der Waals surface area contributed by atoms with E-state index in [0.29, 0.717) is 17.4 Å². The topological polar surface area (TPSA) is 89.8 Å². The van der Waals surface area contributed by atoms with Gasteiger partial charge < -0.3 is 19.1 Å². The highest BCUT2D eigenvalue weighted by Crippen LogP contribution is 2.39. The predicted octanol–water partition coefficient (Wildman–Crippen LogP) is 5.68. The van der Waals surface area contributed by atoms with Crippen LogP contribution in [-0.4, -0.2) is 28.3 Å². The van der Waals surface area contributed by atoms with Crippen LogP contribution in [0.25, 0.3) is 10.9 Å². The molecule has 7 nitrogen and oxygen atoms in total.